The first kappa shape index (κ1) is 11.4. The molecule has 14 heavy (non-hydrogen) atoms. The largest absolute Gasteiger partial charge is 0.292 e. The smallest absolute Gasteiger partial charge is 0.182 e. The molecule has 1 heterocycles. The standard InChI is InChI=1S/C10H15BrN2O/c1-4-5-9(14)10-8(11)6-12-13(10)7(2)3/h6-7H,4-5H2,1-3H3. The summed E-state index contributed by atoms with van der Waals surface area (Å²) in [5.74, 6) is 0.158. The molecular weight excluding hydrogens is 244 g/mol. The molecule has 0 aliphatic rings. The minimum atomic E-state index is 0.158. The summed E-state index contributed by atoms with van der Waals surface area (Å²) in [4.78, 5) is 11.8. The van der Waals surface area contributed by atoms with Crippen LogP contribution in [0.1, 0.15) is 50.1 Å². The number of nitrogens with zero attached hydrogens (tertiary/aromatic N) is 2. The summed E-state index contributed by atoms with van der Waals surface area (Å²) in [5.41, 5.74) is 0.696. The monoisotopic (exact) mass is 258 g/mol. The molecule has 0 atom stereocenters. The van der Waals surface area contributed by atoms with Gasteiger partial charge in [0, 0.05) is 12.5 Å². The first-order valence-electron chi connectivity index (χ1n) is 4.84. The molecule has 0 radical (unpaired) electrons. The van der Waals surface area contributed by atoms with Gasteiger partial charge in [-0.1, -0.05) is 6.92 Å². The minimum Gasteiger partial charge on any atom is -0.292 e. The van der Waals surface area contributed by atoms with Gasteiger partial charge in [-0.2, -0.15) is 5.10 Å². The molecular formula is C10H15BrN2O. The molecule has 0 unspecified atom stereocenters. The molecule has 0 amide bonds. The summed E-state index contributed by atoms with van der Waals surface area (Å²) in [7, 11) is 0. The van der Waals surface area contributed by atoms with Gasteiger partial charge in [-0.15, -0.1) is 0 Å². The van der Waals surface area contributed by atoms with Gasteiger partial charge in [0.15, 0.2) is 5.78 Å². The fraction of sp³-hybridized carbons (Fsp3) is 0.600. The Balaban J connectivity index is 3.04. The molecule has 1 aromatic heterocycles. The summed E-state index contributed by atoms with van der Waals surface area (Å²) in [6.07, 6.45) is 3.13. The SMILES string of the molecule is CCCC(=O)c1c(Br)cnn1C(C)C. The van der Waals surface area contributed by atoms with Crippen LogP contribution < -0.4 is 0 Å². The van der Waals surface area contributed by atoms with Crippen LogP contribution in [-0.4, -0.2) is 15.6 Å². The van der Waals surface area contributed by atoms with Gasteiger partial charge < -0.3 is 0 Å². The van der Waals surface area contributed by atoms with Gasteiger partial charge in [-0.3, -0.25) is 9.48 Å². The number of hydrogen-bond donors (Lipinski definition) is 0. The summed E-state index contributed by atoms with van der Waals surface area (Å²) < 4.78 is 2.56. The van der Waals surface area contributed by atoms with Crippen molar-refractivity contribution in [3.05, 3.63) is 16.4 Å². The van der Waals surface area contributed by atoms with Gasteiger partial charge in [0.1, 0.15) is 5.69 Å². The second-order valence-corrected chi connectivity index (χ2v) is 4.41. The lowest BCUT2D eigenvalue weighted by Gasteiger charge is -2.09. The maximum Gasteiger partial charge on any atom is 0.182 e. The summed E-state index contributed by atoms with van der Waals surface area (Å²) >= 11 is 3.35. The molecule has 1 rings (SSSR count). The van der Waals surface area contributed by atoms with Crippen molar-refractivity contribution in [2.45, 2.75) is 39.7 Å². The van der Waals surface area contributed by atoms with Crippen molar-refractivity contribution in [3.8, 4) is 0 Å². The highest BCUT2D eigenvalue weighted by Gasteiger charge is 2.17. The Morgan fingerprint density at radius 3 is 2.79 bits per heavy atom. The number of carbonyl (C=O) groups is 1. The molecule has 1 aromatic rings. The van der Waals surface area contributed by atoms with Gasteiger partial charge in [0.2, 0.25) is 0 Å². The van der Waals surface area contributed by atoms with E-state index in [0.29, 0.717) is 12.1 Å². The van der Waals surface area contributed by atoms with Gasteiger partial charge in [0.05, 0.1) is 10.7 Å². The molecule has 78 valence electrons. The second-order valence-electron chi connectivity index (χ2n) is 3.55. The second kappa shape index (κ2) is 4.73. The topological polar surface area (TPSA) is 34.9 Å². The van der Waals surface area contributed by atoms with Crippen LogP contribution in [0, 0.1) is 0 Å². The molecule has 4 heteroatoms. The Morgan fingerprint density at radius 2 is 2.29 bits per heavy atom. The number of rotatable bonds is 4. The third-order valence-electron chi connectivity index (χ3n) is 1.98. The lowest BCUT2D eigenvalue weighted by molar-refractivity contribution is 0.0968. The van der Waals surface area contributed by atoms with Crippen molar-refractivity contribution in [2.75, 3.05) is 0 Å². The summed E-state index contributed by atoms with van der Waals surface area (Å²) in [6, 6.07) is 0.220. The number of aromatic nitrogens is 2. The van der Waals surface area contributed by atoms with E-state index in [1.807, 2.05) is 20.8 Å². The van der Waals surface area contributed by atoms with Crippen LogP contribution in [0.5, 0.6) is 0 Å². The molecule has 0 saturated carbocycles. The number of hydrogen-bond acceptors (Lipinski definition) is 2. The molecule has 0 aliphatic carbocycles. The van der Waals surface area contributed by atoms with Crippen LogP contribution in [-0.2, 0) is 0 Å². The molecule has 0 saturated heterocycles. The average Bonchev–Trinajstić information content (AvgIpc) is 2.47. The fourth-order valence-electron chi connectivity index (χ4n) is 1.34. The molecule has 0 aromatic carbocycles. The zero-order valence-corrected chi connectivity index (χ0v) is 10.3. The fourth-order valence-corrected chi connectivity index (χ4v) is 1.83. The highest BCUT2D eigenvalue weighted by atomic mass is 79.9. The maximum atomic E-state index is 11.8. The average molecular weight is 259 g/mol. The zero-order chi connectivity index (χ0) is 10.7. The van der Waals surface area contributed by atoms with Crippen molar-refractivity contribution in [3.63, 3.8) is 0 Å². The van der Waals surface area contributed by atoms with Crippen LogP contribution in [0.3, 0.4) is 0 Å². The summed E-state index contributed by atoms with van der Waals surface area (Å²) in [6.45, 7) is 6.03. The lowest BCUT2D eigenvalue weighted by Crippen LogP contribution is -2.12. The highest BCUT2D eigenvalue weighted by molar-refractivity contribution is 9.10. The van der Waals surface area contributed by atoms with E-state index in [1.165, 1.54) is 0 Å². The highest BCUT2D eigenvalue weighted by Crippen LogP contribution is 2.21. The Bertz CT molecular complexity index is 331. The Kier molecular flexibility index (Phi) is 3.86. The first-order valence-corrected chi connectivity index (χ1v) is 5.63. The molecule has 0 fully saturated rings. The Morgan fingerprint density at radius 1 is 1.64 bits per heavy atom. The van der Waals surface area contributed by atoms with E-state index in [1.54, 1.807) is 10.9 Å². The van der Waals surface area contributed by atoms with Crippen molar-refractivity contribution in [1.29, 1.82) is 0 Å². The minimum absolute atomic E-state index is 0.158. The van der Waals surface area contributed by atoms with Crippen molar-refractivity contribution in [2.24, 2.45) is 0 Å². The lowest BCUT2D eigenvalue weighted by atomic mass is 10.2. The molecule has 3 nitrogen and oxygen atoms in total. The van der Waals surface area contributed by atoms with Gasteiger partial charge in [-0.05, 0) is 36.2 Å². The molecule has 0 bridgehead atoms. The van der Waals surface area contributed by atoms with E-state index in [2.05, 4.69) is 21.0 Å². The van der Waals surface area contributed by atoms with Crippen molar-refractivity contribution in [1.82, 2.24) is 9.78 Å². The van der Waals surface area contributed by atoms with Gasteiger partial charge in [0.25, 0.3) is 0 Å². The molecule has 0 N–H and O–H groups in total. The van der Waals surface area contributed by atoms with Gasteiger partial charge in [-0.25, -0.2) is 0 Å². The van der Waals surface area contributed by atoms with Crippen LogP contribution in [0.2, 0.25) is 0 Å². The summed E-state index contributed by atoms with van der Waals surface area (Å²) in [5, 5.41) is 4.17. The number of carbonyl (C=O) groups excluding carboxylic acids is 1. The van der Waals surface area contributed by atoms with Crippen LogP contribution in [0.25, 0.3) is 0 Å². The third-order valence-corrected chi connectivity index (χ3v) is 2.56. The van der Waals surface area contributed by atoms with Crippen molar-refractivity contribution < 1.29 is 4.79 Å². The van der Waals surface area contributed by atoms with Crippen LogP contribution in [0.15, 0.2) is 10.7 Å². The predicted octanol–water partition coefficient (Wildman–Crippen LogP) is 3.21. The Labute approximate surface area is 92.6 Å². The normalized spacial score (nSPS) is 10.9. The number of ketones is 1. The van der Waals surface area contributed by atoms with E-state index in [4.69, 9.17) is 0 Å². The third kappa shape index (κ3) is 2.23. The zero-order valence-electron chi connectivity index (χ0n) is 8.75. The van der Waals surface area contributed by atoms with E-state index < -0.39 is 0 Å². The van der Waals surface area contributed by atoms with E-state index >= 15 is 0 Å². The number of halogens is 1. The first-order chi connectivity index (χ1) is 6.57. The predicted molar refractivity (Wildman–Crippen MR) is 59.6 cm³/mol. The maximum absolute atomic E-state index is 11.8. The van der Waals surface area contributed by atoms with E-state index in [-0.39, 0.29) is 11.8 Å². The van der Waals surface area contributed by atoms with Crippen LogP contribution in [0.4, 0.5) is 0 Å². The van der Waals surface area contributed by atoms with Crippen LogP contribution >= 0.6 is 15.9 Å². The molecule has 0 spiro atoms. The number of Topliss-reactive ketones (excluding diaryl/α,β-unsaturated/α-hetero) is 1. The quantitative estimate of drug-likeness (QED) is 0.778. The van der Waals surface area contributed by atoms with E-state index in [0.717, 1.165) is 10.9 Å². The Hall–Kier alpha value is -0.640. The van der Waals surface area contributed by atoms with Gasteiger partial charge >= 0.3 is 0 Å². The molecule has 0 aliphatic heterocycles. The van der Waals surface area contributed by atoms with Crippen molar-refractivity contribution >= 4 is 21.7 Å². The van der Waals surface area contributed by atoms with E-state index in [9.17, 15) is 4.79 Å².